The van der Waals surface area contributed by atoms with Gasteiger partial charge in [-0.15, -0.1) is 0 Å². The van der Waals surface area contributed by atoms with Gasteiger partial charge in [-0.25, -0.2) is 9.59 Å². The molecule has 22 heavy (non-hydrogen) atoms. The molecule has 0 saturated heterocycles. The lowest BCUT2D eigenvalue weighted by atomic mass is 9.96. The van der Waals surface area contributed by atoms with E-state index in [1.165, 1.54) is 6.92 Å². The molecule has 0 bridgehead atoms. The number of rotatable bonds is 3. The summed E-state index contributed by atoms with van der Waals surface area (Å²) in [4.78, 5) is 23.5. The third-order valence-electron chi connectivity index (χ3n) is 2.99. The molecule has 1 heterocycles. The van der Waals surface area contributed by atoms with Crippen LogP contribution in [0.25, 0.3) is 0 Å². The Kier molecular flexibility index (Phi) is 4.39. The van der Waals surface area contributed by atoms with Gasteiger partial charge in [-0.1, -0.05) is 30.3 Å². The predicted octanol–water partition coefficient (Wildman–Crippen LogP) is 2.42. The van der Waals surface area contributed by atoms with Crippen LogP contribution in [-0.4, -0.2) is 24.8 Å². The molecular weight excluding hydrogens is 301 g/mol. The Hall–Kier alpha value is -2.51. The van der Waals surface area contributed by atoms with Gasteiger partial charge in [0.1, 0.15) is 0 Å². The number of ether oxygens (including phenoxy) is 1. The number of alkyl halides is 3. The Morgan fingerprint density at radius 2 is 1.91 bits per heavy atom. The largest absolute Gasteiger partial charge is 0.453 e. The second-order valence-corrected chi connectivity index (χ2v) is 4.67. The highest BCUT2D eigenvalue weighted by Crippen LogP contribution is 2.28. The summed E-state index contributed by atoms with van der Waals surface area (Å²) in [5, 5.41) is 4.86. The van der Waals surface area contributed by atoms with Crippen LogP contribution in [0.2, 0.25) is 0 Å². The number of carbonyl (C=O) groups is 2. The maximum Gasteiger partial charge on any atom is 0.422 e. The first-order valence-corrected chi connectivity index (χ1v) is 6.35. The molecule has 1 atom stereocenters. The zero-order valence-corrected chi connectivity index (χ0v) is 11.5. The van der Waals surface area contributed by atoms with Crippen LogP contribution in [0.5, 0.6) is 0 Å². The van der Waals surface area contributed by atoms with E-state index in [1.807, 2.05) is 0 Å². The Bertz CT molecular complexity index is 612. The summed E-state index contributed by atoms with van der Waals surface area (Å²) in [6, 6.07) is 7.02. The highest BCUT2D eigenvalue weighted by Gasteiger charge is 2.35. The summed E-state index contributed by atoms with van der Waals surface area (Å²) in [5.41, 5.74) is 0.662. The average Bonchev–Trinajstić information content (AvgIpc) is 2.44. The van der Waals surface area contributed by atoms with Gasteiger partial charge < -0.3 is 15.4 Å². The number of benzene rings is 1. The fraction of sp³-hybridized carbons (Fsp3) is 0.286. The number of hydrogen-bond donors (Lipinski definition) is 2. The number of nitrogens with one attached hydrogen (secondary N) is 2. The lowest BCUT2D eigenvalue weighted by molar-refractivity contribution is -0.183. The van der Waals surface area contributed by atoms with Gasteiger partial charge in [-0.3, -0.25) is 0 Å². The third kappa shape index (κ3) is 3.78. The van der Waals surface area contributed by atoms with Crippen molar-refractivity contribution in [1.29, 1.82) is 0 Å². The fourth-order valence-corrected chi connectivity index (χ4v) is 2.09. The van der Waals surface area contributed by atoms with E-state index in [0.29, 0.717) is 5.56 Å². The van der Waals surface area contributed by atoms with Gasteiger partial charge in [-0.2, -0.15) is 13.2 Å². The summed E-state index contributed by atoms with van der Waals surface area (Å²) in [6.45, 7) is -0.253. The highest BCUT2D eigenvalue weighted by molar-refractivity contribution is 5.95. The molecule has 1 aliphatic rings. The minimum atomic E-state index is -4.61. The molecule has 2 rings (SSSR count). The molecule has 0 spiro atoms. The normalized spacial score (nSPS) is 18.5. The van der Waals surface area contributed by atoms with Crippen molar-refractivity contribution < 1.29 is 27.5 Å². The zero-order chi connectivity index (χ0) is 16.3. The van der Waals surface area contributed by atoms with Crippen LogP contribution in [0.4, 0.5) is 18.0 Å². The Balaban J connectivity index is 2.29. The molecule has 0 fully saturated rings. The number of amides is 2. The van der Waals surface area contributed by atoms with Crippen LogP contribution >= 0.6 is 0 Å². The third-order valence-corrected chi connectivity index (χ3v) is 2.99. The van der Waals surface area contributed by atoms with Crippen molar-refractivity contribution in [2.24, 2.45) is 0 Å². The van der Waals surface area contributed by atoms with Crippen molar-refractivity contribution in [1.82, 2.24) is 10.6 Å². The van der Waals surface area contributed by atoms with Crippen LogP contribution in [0.15, 0.2) is 41.6 Å². The quantitative estimate of drug-likeness (QED) is 0.842. The lowest BCUT2D eigenvalue weighted by Gasteiger charge is -2.28. The lowest BCUT2D eigenvalue weighted by Crippen LogP contribution is -2.45. The first kappa shape index (κ1) is 15.9. The summed E-state index contributed by atoms with van der Waals surface area (Å²) >= 11 is 0. The van der Waals surface area contributed by atoms with Crippen molar-refractivity contribution in [3.8, 4) is 0 Å². The van der Waals surface area contributed by atoms with Gasteiger partial charge in [0.15, 0.2) is 6.61 Å². The standard InChI is InChI=1S/C14H13F3N2O3/c1-8-10(12(20)22-7-14(15,16)17)11(19-13(21)18-8)9-5-3-2-4-6-9/h2-6,11H,7H2,1H3,(H2,18,19,21)/t11-/m1/s1. The SMILES string of the molecule is CC1=C(C(=O)OCC(F)(F)F)[C@@H](c2ccccc2)NC(=O)N1. The molecule has 1 aromatic carbocycles. The summed E-state index contributed by atoms with van der Waals surface area (Å²) in [7, 11) is 0. The summed E-state index contributed by atoms with van der Waals surface area (Å²) < 4.78 is 40.8. The Morgan fingerprint density at radius 1 is 1.27 bits per heavy atom. The van der Waals surface area contributed by atoms with Crippen LogP contribution in [0, 0.1) is 0 Å². The Morgan fingerprint density at radius 3 is 2.50 bits per heavy atom. The molecular formula is C14H13F3N2O3. The average molecular weight is 314 g/mol. The van der Waals surface area contributed by atoms with E-state index in [1.54, 1.807) is 30.3 Å². The van der Waals surface area contributed by atoms with Crippen molar-refractivity contribution >= 4 is 12.0 Å². The maximum atomic E-state index is 12.2. The molecule has 118 valence electrons. The molecule has 0 radical (unpaired) electrons. The predicted molar refractivity (Wildman–Crippen MR) is 70.6 cm³/mol. The van der Waals surface area contributed by atoms with Crippen molar-refractivity contribution in [3.05, 3.63) is 47.2 Å². The van der Waals surface area contributed by atoms with Gasteiger partial charge in [0, 0.05) is 5.70 Å². The molecule has 0 aromatic heterocycles. The number of carbonyl (C=O) groups excluding carboxylic acids is 2. The first-order chi connectivity index (χ1) is 10.3. The molecule has 5 nitrogen and oxygen atoms in total. The number of halogens is 3. The van der Waals surface area contributed by atoms with Crippen LogP contribution in [0.1, 0.15) is 18.5 Å². The first-order valence-electron chi connectivity index (χ1n) is 6.35. The molecule has 1 aromatic rings. The van der Waals surface area contributed by atoms with E-state index in [0.717, 1.165) is 0 Å². The number of hydrogen-bond acceptors (Lipinski definition) is 3. The van der Waals surface area contributed by atoms with Crippen molar-refractivity contribution in [3.63, 3.8) is 0 Å². The van der Waals surface area contributed by atoms with E-state index >= 15 is 0 Å². The van der Waals surface area contributed by atoms with Gasteiger partial charge in [0.2, 0.25) is 0 Å². The Labute approximate surface area is 124 Å². The van der Waals surface area contributed by atoms with E-state index in [9.17, 15) is 22.8 Å². The molecule has 0 aliphatic carbocycles. The molecule has 8 heteroatoms. The van der Waals surface area contributed by atoms with Crippen LogP contribution in [-0.2, 0) is 9.53 Å². The molecule has 2 amide bonds. The van der Waals surface area contributed by atoms with Crippen LogP contribution < -0.4 is 10.6 Å². The number of allylic oxidation sites excluding steroid dienone is 1. The number of esters is 1. The maximum absolute atomic E-state index is 12.2. The van der Waals surface area contributed by atoms with Crippen molar-refractivity contribution in [2.45, 2.75) is 19.1 Å². The van der Waals surface area contributed by atoms with Crippen LogP contribution in [0.3, 0.4) is 0 Å². The highest BCUT2D eigenvalue weighted by atomic mass is 19.4. The monoisotopic (exact) mass is 314 g/mol. The number of urea groups is 1. The summed E-state index contributed by atoms with van der Waals surface area (Å²) in [6.07, 6.45) is -4.61. The minimum absolute atomic E-state index is 0.0601. The van der Waals surface area contributed by atoms with E-state index in [2.05, 4.69) is 15.4 Å². The second kappa shape index (κ2) is 6.08. The molecule has 0 saturated carbocycles. The van der Waals surface area contributed by atoms with Gasteiger partial charge >= 0.3 is 18.2 Å². The van der Waals surface area contributed by atoms with E-state index < -0.39 is 30.8 Å². The topological polar surface area (TPSA) is 67.4 Å². The molecule has 2 N–H and O–H groups in total. The minimum Gasteiger partial charge on any atom is -0.453 e. The van der Waals surface area contributed by atoms with Gasteiger partial charge in [-0.05, 0) is 12.5 Å². The smallest absolute Gasteiger partial charge is 0.422 e. The second-order valence-electron chi connectivity index (χ2n) is 4.67. The molecule has 1 aliphatic heterocycles. The van der Waals surface area contributed by atoms with E-state index in [-0.39, 0.29) is 11.3 Å². The summed E-state index contributed by atoms with van der Waals surface area (Å²) in [5.74, 6) is -1.13. The van der Waals surface area contributed by atoms with Gasteiger partial charge in [0.05, 0.1) is 11.6 Å². The zero-order valence-electron chi connectivity index (χ0n) is 11.5. The molecule has 0 unspecified atom stereocenters. The fourth-order valence-electron chi connectivity index (χ4n) is 2.09. The van der Waals surface area contributed by atoms with E-state index in [4.69, 9.17) is 0 Å². The van der Waals surface area contributed by atoms with Crippen molar-refractivity contribution in [2.75, 3.05) is 6.61 Å². The van der Waals surface area contributed by atoms with Gasteiger partial charge in [0.25, 0.3) is 0 Å².